The molecule has 1 saturated heterocycles. The van der Waals surface area contributed by atoms with Gasteiger partial charge in [0.2, 0.25) is 5.91 Å². The first-order valence-corrected chi connectivity index (χ1v) is 8.01. The normalized spacial score (nSPS) is 20.4. The van der Waals surface area contributed by atoms with Crippen LogP contribution in [0.5, 0.6) is 0 Å². The first-order chi connectivity index (χ1) is 9.20. The van der Waals surface area contributed by atoms with E-state index < -0.39 is 0 Å². The Morgan fingerprint density at radius 2 is 2.11 bits per heavy atom. The Morgan fingerprint density at radius 3 is 2.84 bits per heavy atom. The highest BCUT2D eigenvalue weighted by molar-refractivity contribution is 9.10. The summed E-state index contributed by atoms with van der Waals surface area (Å²) in [6, 6.07) is 8.17. The molecule has 1 aromatic rings. The smallest absolute Gasteiger partial charge is 0.222 e. The van der Waals surface area contributed by atoms with Gasteiger partial charge in [-0.25, -0.2) is 0 Å². The molecule has 0 bridgehead atoms. The minimum Gasteiger partial charge on any atom is -0.338 e. The van der Waals surface area contributed by atoms with Gasteiger partial charge in [-0.05, 0) is 30.4 Å². The van der Waals surface area contributed by atoms with Crippen LogP contribution in [0.15, 0.2) is 28.7 Å². The van der Waals surface area contributed by atoms with Crippen molar-refractivity contribution in [2.75, 3.05) is 6.54 Å². The van der Waals surface area contributed by atoms with Gasteiger partial charge in [0.25, 0.3) is 0 Å². The highest BCUT2D eigenvalue weighted by Crippen LogP contribution is 2.25. The second-order valence-corrected chi connectivity index (χ2v) is 6.24. The summed E-state index contributed by atoms with van der Waals surface area (Å²) in [5, 5.41) is 0. The largest absolute Gasteiger partial charge is 0.338 e. The third-order valence-electron chi connectivity index (χ3n) is 3.94. The van der Waals surface area contributed by atoms with Crippen LogP contribution in [-0.2, 0) is 11.3 Å². The molecule has 1 fully saturated rings. The van der Waals surface area contributed by atoms with E-state index in [1.165, 1.54) is 18.4 Å². The fourth-order valence-corrected chi connectivity index (χ4v) is 3.20. The molecular weight excluding hydrogens is 302 g/mol. The average Bonchev–Trinajstić information content (AvgIpc) is 2.57. The summed E-state index contributed by atoms with van der Waals surface area (Å²) < 4.78 is 1.09. The molecule has 2 nitrogen and oxygen atoms in total. The molecule has 1 atom stereocenters. The Bertz CT molecular complexity index is 433. The number of benzene rings is 1. The fraction of sp³-hybridized carbons (Fsp3) is 0.562. The lowest BCUT2D eigenvalue weighted by Gasteiger charge is -2.21. The lowest BCUT2D eigenvalue weighted by molar-refractivity contribution is -0.131. The zero-order valence-corrected chi connectivity index (χ0v) is 13.2. The monoisotopic (exact) mass is 323 g/mol. The predicted octanol–water partition coefficient (Wildman–Crippen LogP) is 4.38. The Labute approximate surface area is 124 Å². The first-order valence-electron chi connectivity index (χ1n) is 7.22. The predicted molar refractivity (Wildman–Crippen MR) is 81.8 cm³/mol. The van der Waals surface area contributed by atoms with Crippen molar-refractivity contribution >= 4 is 21.8 Å². The number of hydrogen-bond acceptors (Lipinski definition) is 1. The molecule has 104 valence electrons. The second kappa shape index (κ2) is 7.09. The summed E-state index contributed by atoms with van der Waals surface area (Å²) in [4.78, 5) is 14.2. The van der Waals surface area contributed by atoms with E-state index in [1.807, 2.05) is 23.1 Å². The van der Waals surface area contributed by atoms with Crippen molar-refractivity contribution < 1.29 is 4.79 Å². The van der Waals surface area contributed by atoms with Crippen LogP contribution >= 0.6 is 15.9 Å². The summed E-state index contributed by atoms with van der Waals surface area (Å²) in [7, 11) is 0. The molecule has 1 aliphatic heterocycles. The standard InChI is InChI=1S/C16H22BrNO/c1-2-5-13-8-9-16(19)18(11-10-13)12-14-6-3-4-7-15(14)17/h3-4,6-7,13H,2,5,8-12H2,1H3. The van der Waals surface area contributed by atoms with Gasteiger partial charge in [0.15, 0.2) is 0 Å². The van der Waals surface area contributed by atoms with Crippen molar-refractivity contribution in [3.63, 3.8) is 0 Å². The summed E-state index contributed by atoms with van der Waals surface area (Å²) in [5.41, 5.74) is 1.20. The van der Waals surface area contributed by atoms with Crippen molar-refractivity contribution in [1.82, 2.24) is 4.90 Å². The van der Waals surface area contributed by atoms with E-state index in [2.05, 4.69) is 28.9 Å². The van der Waals surface area contributed by atoms with Crippen LogP contribution in [0, 0.1) is 5.92 Å². The van der Waals surface area contributed by atoms with Gasteiger partial charge in [0.1, 0.15) is 0 Å². The van der Waals surface area contributed by atoms with Crippen LogP contribution in [0.2, 0.25) is 0 Å². The maximum Gasteiger partial charge on any atom is 0.222 e. The van der Waals surface area contributed by atoms with Crippen LogP contribution in [0.4, 0.5) is 0 Å². The number of rotatable bonds is 4. The number of nitrogens with zero attached hydrogens (tertiary/aromatic N) is 1. The molecular formula is C16H22BrNO. The SMILES string of the molecule is CCCC1CCC(=O)N(Cc2ccccc2Br)CC1. The number of amides is 1. The van der Waals surface area contributed by atoms with Gasteiger partial charge in [-0.15, -0.1) is 0 Å². The average molecular weight is 324 g/mol. The van der Waals surface area contributed by atoms with Crippen molar-refractivity contribution in [3.8, 4) is 0 Å². The summed E-state index contributed by atoms with van der Waals surface area (Å²) >= 11 is 3.56. The molecule has 0 N–H and O–H groups in total. The molecule has 1 heterocycles. The Balaban J connectivity index is 2.00. The second-order valence-electron chi connectivity index (χ2n) is 5.39. The maximum absolute atomic E-state index is 12.2. The summed E-state index contributed by atoms with van der Waals surface area (Å²) in [5.74, 6) is 1.05. The molecule has 1 aliphatic rings. The van der Waals surface area contributed by atoms with Crippen LogP contribution in [0.1, 0.15) is 44.6 Å². The number of carbonyl (C=O) groups excluding carboxylic acids is 1. The van der Waals surface area contributed by atoms with Gasteiger partial charge in [-0.1, -0.05) is 53.9 Å². The van der Waals surface area contributed by atoms with Gasteiger partial charge in [-0.2, -0.15) is 0 Å². The minimum atomic E-state index is 0.314. The Hall–Kier alpha value is -0.830. The first kappa shape index (κ1) is 14.6. The van der Waals surface area contributed by atoms with Gasteiger partial charge in [0, 0.05) is 24.0 Å². The van der Waals surface area contributed by atoms with Crippen molar-refractivity contribution in [1.29, 1.82) is 0 Å². The number of halogens is 1. The van der Waals surface area contributed by atoms with E-state index in [4.69, 9.17) is 0 Å². The fourth-order valence-electron chi connectivity index (χ4n) is 2.79. The zero-order valence-electron chi connectivity index (χ0n) is 11.6. The minimum absolute atomic E-state index is 0.314. The molecule has 19 heavy (non-hydrogen) atoms. The molecule has 0 saturated carbocycles. The Morgan fingerprint density at radius 1 is 1.32 bits per heavy atom. The lowest BCUT2D eigenvalue weighted by Crippen LogP contribution is -2.29. The van der Waals surface area contributed by atoms with Crippen molar-refractivity contribution in [2.45, 2.75) is 45.6 Å². The lowest BCUT2D eigenvalue weighted by atomic mass is 9.96. The molecule has 1 amide bonds. The molecule has 0 aromatic heterocycles. The molecule has 3 heteroatoms. The van der Waals surface area contributed by atoms with Gasteiger partial charge in [0.05, 0.1) is 0 Å². The quantitative estimate of drug-likeness (QED) is 0.805. The van der Waals surface area contributed by atoms with E-state index in [0.717, 1.165) is 42.7 Å². The van der Waals surface area contributed by atoms with Crippen LogP contribution in [0.25, 0.3) is 0 Å². The van der Waals surface area contributed by atoms with Crippen molar-refractivity contribution in [2.24, 2.45) is 5.92 Å². The molecule has 1 unspecified atom stereocenters. The molecule has 2 rings (SSSR count). The maximum atomic E-state index is 12.2. The third-order valence-corrected chi connectivity index (χ3v) is 4.72. The van der Waals surface area contributed by atoms with E-state index in [0.29, 0.717) is 5.91 Å². The highest BCUT2D eigenvalue weighted by atomic mass is 79.9. The number of hydrogen-bond donors (Lipinski definition) is 0. The van der Waals surface area contributed by atoms with E-state index in [9.17, 15) is 4.79 Å². The van der Waals surface area contributed by atoms with Crippen LogP contribution in [0.3, 0.4) is 0 Å². The molecule has 0 aliphatic carbocycles. The third kappa shape index (κ3) is 4.07. The molecule has 0 spiro atoms. The number of carbonyl (C=O) groups is 1. The summed E-state index contributed by atoms with van der Waals surface area (Å²) in [6.07, 6.45) is 5.43. The van der Waals surface area contributed by atoms with E-state index >= 15 is 0 Å². The highest BCUT2D eigenvalue weighted by Gasteiger charge is 2.22. The Kier molecular flexibility index (Phi) is 5.44. The summed E-state index contributed by atoms with van der Waals surface area (Å²) in [6.45, 7) is 3.87. The van der Waals surface area contributed by atoms with Gasteiger partial charge in [-0.3, -0.25) is 4.79 Å². The number of likely N-dealkylation sites (tertiary alicyclic amines) is 1. The van der Waals surface area contributed by atoms with E-state index in [-0.39, 0.29) is 0 Å². The topological polar surface area (TPSA) is 20.3 Å². The van der Waals surface area contributed by atoms with Gasteiger partial charge < -0.3 is 4.90 Å². The molecule has 1 aromatic carbocycles. The molecule has 0 radical (unpaired) electrons. The van der Waals surface area contributed by atoms with Crippen LogP contribution in [-0.4, -0.2) is 17.4 Å². The zero-order chi connectivity index (χ0) is 13.7. The van der Waals surface area contributed by atoms with Crippen molar-refractivity contribution in [3.05, 3.63) is 34.3 Å². The van der Waals surface area contributed by atoms with Gasteiger partial charge >= 0.3 is 0 Å². The van der Waals surface area contributed by atoms with Crippen LogP contribution < -0.4 is 0 Å². The van der Waals surface area contributed by atoms with E-state index in [1.54, 1.807) is 0 Å².